The number of aliphatic hydroxyl groups is 2. The van der Waals surface area contributed by atoms with Crippen LogP contribution in [0.5, 0.6) is 0 Å². The topological polar surface area (TPSA) is 40.5 Å². The van der Waals surface area contributed by atoms with Crippen molar-refractivity contribution in [1.82, 2.24) is 0 Å². The highest BCUT2D eigenvalue weighted by atomic mass is 16.3. The summed E-state index contributed by atoms with van der Waals surface area (Å²) >= 11 is 0. The van der Waals surface area contributed by atoms with Gasteiger partial charge in [-0.05, 0) is 19.3 Å². The second kappa shape index (κ2) is 2.20. The van der Waals surface area contributed by atoms with Crippen molar-refractivity contribution < 1.29 is 10.2 Å². The molecule has 2 aliphatic carbocycles. The minimum absolute atomic E-state index is 0.139. The Hall–Kier alpha value is -0.0800. The summed E-state index contributed by atoms with van der Waals surface area (Å²) in [5.74, 6) is 0. The van der Waals surface area contributed by atoms with E-state index in [0.717, 1.165) is 19.3 Å². The van der Waals surface area contributed by atoms with Crippen LogP contribution in [0.3, 0.4) is 0 Å². The van der Waals surface area contributed by atoms with Gasteiger partial charge in [0.25, 0.3) is 0 Å². The van der Waals surface area contributed by atoms with E-state index in [9.17, 15) is 10.2 Å². The Kier molecular flexibility index (Phi) is 1.52. The lowest BCUT2D eigenvalue weighted by atomic mass is 9.80. The highest BCUT2D eigenvalue weighted by Crippen LogP contribution is 2.70. The summed E-state index contributed by atoms with van der Waals surface area (Å²) in [6.07, 6.45) is 5.80. The summed E-state index contributed by atoms with van der Waals surface area (Å²) in [6.45, 7) is 0.571. The van der Waals surface area contributed by atoms with Crippen LogP contribution in [0.1, 0.15) is 32.1 Å². The smallest absolute Gasteiger partial charge is 0.0493 e. The van der Waals surface area contributed by atoms with Crippen molar-refractivity contribution in [2.45, 2.75) is 32.1 Å². The third-order valence-electron chi connectivity index (χ3n) is 3.84. The quantitative estimate of drug-likeness (QED) is 0.624. The summed E-state index contributed by atoms with van der Waals surface area (Å²) in [4.78, 5) is 0. The van der Waals surface area contributed by atoms with Gasteiger partial charge in [-0.25, -0.2) is 0 Å². The van der Waals surface area contributed by atoms with Crippen LogP contribution in [-0.4, -0.2) is 23.4 Å². The van der Waals surface area contributed by atoms with Crippen LogP contribution >= 0.6 is 0 Å². The Balaban J connectivity index is 2.13. The molecule has 2 unspecified atom stereocenters. The standard InChI is InChI=1S/C9H16O2/c10-6-8-3-1-2-4-9(8,5-8)7-11/h10-11H,1-7H2. The predicted octanol–water partition coefficient (Wildman–Crippen LogP) is 0.921. The van der Waals surface area contributed by atoms with E-state index in [1.54, 1.807) is 0 Å². The second-order valence-corrected chi connectivity index (χ2v) is 4.26. The number of hydrogen-bond acceptors (Lipinski definition) is 2. The van der Waals surface area contributed by atoms with Gasteiger partial charge in [-0.15, -0.1) is 0 Å². The third kappa shape index (κ3) is 0.798. The summed E-state index contributed by atoms with van der Waals surface area (Å²) < 4.78 is 0. The van der Waals surface area contributed by atoms with Gasteiger partial charge >= 0.3 is 0 Å². The lowest BCUT2D eigenvalue weighted by Crippen LogP contribution is -2.25. The van der Waals surface area contributed by atoms with E-state index in [1.807, 2.05) is 0 Å². The van der Waals surface area contributed by atoms with E-state index in [0.29, 0.717) is 0 Å². The van der Waals surface area contributed by atoms with Gasteiger partial charge in [-0.2, -0.15) is 0 Å². The number of aliphatic hydroxyl groups excluding tert-OH is 2. The van der Waals surface area contributed by atoms with Crippen LogP contribution in [0.25, 0.3) is 0 Å². The van der Waals surface area contributed by atoms with Gasteiger partial charge in [-0.3, -0.25) is 0 Å². The van der Waals surface area contributed by atoms with Crippen molar-refractivity contribution >= 4 is 0 Å². The molecule has 2 fully saturated rings. The van der Waals surface area contributed by atoms with Crippen LogP contribution in [-0.2, 0) is 0 Å². The lowest BCUT2D eigenvalue weighted by Gasteiger charge is -2.27. The molecule has 0 aliphatic heterocycles. The molecule has 0 amide bonds. The van der Waals surface area contributed by atoms with Crippen LogP contribution in [0.4, 0.5) is 0 Å². The molecule has 2 atom stereocenters. The number of rotatable bonds is 2. The number of fused-ring (bicyclic) bond motifs is 1. The average molecular weight is 156 g/mol. The summed E-state index contributed by atoms with van der Waals surface area (Å²) in [5, 5.41) is 18.4. The van der Waals surface area contributed by atoms with Gasteiger partial charge in [0.1, 0.15) is 0 Å². The van der Waals surface area contributed by atoms with Crippen LogP contribution in [0, 0.1) is 10.8 Å². The molecule has 0 aromatic heterocycles. The second-order valence-electron chi connectivity index (χ2n) is 4.26. The maximum atomic E-state index is 9.18. The Morgan fingerprint density at radius 2 is 1.36 bits per heavy atom. The molecular formula is C9H16O2. The molecule has 64 valence electrons. The van der Waals surface area contributed by atoms with E-state index in [4.69, 9.17) is 0 Å². The van der Waals surface area contributed by atoms with Crippen LogP contribution in [0.2, 0.25) is 0 Å². The molecule has 0 aromatic rings. The summed E-state index contributed by atoms with van der Waals surface area (Å²) in [5.41, 5.74) is 0.278. The minimum atomic E-state index is 0.139. The minimum Gasteiger partial charge on any atom is -0.396 e. The molecule has 2 saturated carbocycles. The molecule has 0 aromatic carbocycles. The van der Waals surface area contributed by atoms with Crippen LogP contribution in [0.15, 0.2) is 0 Å². The lowest BCUT2D eigenvalue weighted by molar-refractivity contribution is 0.0869. The molecular weight excluding hydrogens is 140 g/mol. The van der Waals surface area contributed by atoms with Gasteiger partial charge in [0.2, 0.25) is 0 Å². The van der Waals surface area contributed by atoms with Gasteiger partial charge in [-0.1, -0.05) is 12.8 Å². The molecule has 0 saturated heterocycles. The Bertz CT molecular complexity index is 151. The molecule has 2 nitrogen and oxygen atoms in total. The van der Waals surface area contributed by atoms with E-state index in [2.05, 4.69) is 0 Å². The first-order chi connectivity index (χ1) is 5.29. The van der Waals surface area contributed by atoms with Gasteiger partial charge in [0, 0.05) is 24.0 Å². The van der Waals surface area contributed by atoms with Gasteiger partial charge in [0.15, 0.2) is 0 Å². The van der Waals surface area contributed by atoms with E-state index in [1.165, 1.54) is 12.8 Å². The molecule has 2 N–H and O–H groups in total. The SMILES string of the molecule is OCC12CCCCC1(CO)C2. The van der Waals surface area contributed by atoms with Gasteiger partial charge < -0.3 is 10.2 Å². The molecule has 0 radical (unpaired) electrons. The average Bonchev–Trinajstić information content (AvgIpc) is 2.75. The first-order valence-corrected chi connectivity index (χ1v) is 4.50. The fraction of sp³-hybridized carbons (Fsp3) is 1.00. The van der Waals surface area contributed by atoms with Crippen molar-refractivity contribution in [3.8, 4) is 0 Å². The zero-order valence-corrected chi connectivity index (χ0v) is 6.84. The Morgan fingerprint density at radius 3 is 1.73 bits per heavy atom. The molecule has 2 aliphatic rings. The highest BCUT2D eigenvalue weighted by molar-refractivity contribution is 5.15. The fourth-order valence-electron chi connectivity index (χ4n) is 2.84. The van der Waals surface area contributed by atoms with E-state index < -0.39 is 0 Å². The normalized spacial score (nSPS) is 48.5. The molecule has 2 heteroatoms. The Labute approximate surface area is 67.2 Å². The molecule has 0 heterocycles. The van der Waals surface area contributed by atoms with Crippen LogP contribution < -0.4 is 0 Å². The zero-order valence-electron chi connectivity index (χ0n) is 6.84. The maximum Gasteiger partial charge on any atom is 0.0493 e. The predicted molar refractivity (Wildman–Crippen MR) is 42.1 cm³/mol. The van der Waals surface area contributed by atoms with Gasteiger partial charge in [0.05, 0.1) is 0 Å². The first-order valence-electron chi connectivity index (χ1n) is 4.50. The third-order valence-corrected chi connectivity index (χ3v) is 3.84. The summed E-state index contributed by atoms with van der Waals surface area (Å²) in [7, 11) is 0. The van der Waals surface area contributed by atoms with E-state index >= 15 is 0 Å². The monoisotopic (exact) mass is 156 g/mol. The van der Waals surface area contributed by atoms with Crippen molar-refractivity contribution in [2.24, 2.45) is 10.8 Å². The van der Waals surface area contributed by atoms with Crippen molar-refractivity contribution in [3.63, 3.8) is 0 Å². The maximum absolute atomic E-state index is 9.18. The van der Waals surface area contributed by atoms with Crippen molar-refractivity contribution in [2.75, 3.05) is 13.2 Å². The van der Waals surface area contributed by atoms with E-state index in [-0.39, 0.29) is 24.0 Å². The van der Waals surface area contributed by atoms with Crippen molar-refractivity contribution in [1.29, 1.82) is 0 Å². The fourth-order valence-corrected chi connectivity index (χ4v) is 2.84. The molecule has 0 bridgehead atoms. The zero-order chi connectivity index (χ0) is 7.95. The van der Waals surface area contributed by atoms with Crippen molar-refractivity contribution in [3.05, 3.63) is 0 Å². The highest BCUT2D eigenvalue weighted by Gasteiger charge is 2.66. The number of hydrogen-bond donors (Lipinski definition) is 2. The Morgan fingerprint density at radius 1 is 0.909 bits per heavy atom. The largest absolute Gasteiger partial charge is 0.396 e. The molecule has 11 heavy (non-hydrogen) atoms. The first kappa shape index (κ1) is 7.56. The molecule has 0 spiro atoms. The molecule has 2 rings (SSSR count). The summed E-state index contributed by atoms with van der Waals surface area (Å²) in [6, 6.07) is 0.